The van der Waals surface area contributed by atoms with Gasteiger partial charge in [-0.3, -0.25) is 4.99 Å². The van der Waals surface area contributed by atoms with E-state index in [9.17, 15) is 5.11 Å². The Morgan fingerprint density at radius 3 is 2.48 bits per heavy atom. The summed E-state index contributed by atoms with van der Waals surface area (Å²) >= 11 is 0. The molecule has 0 radical (unpaired) electrons. The minimum absolute atomic E-state index is 0. The molecule has 0 amide bonds. The van der Waals surface area contributed by atoms with Crippen LogP contribution < -0.4 is 5.32 Å². The van der Waals surface area contributed by atoms with E-state index in [1.165, 1.54) is 0 Å². The van der Waals surface area contributed by atoms with Gasteiger partial charge in [0.25, 0.3) is 0 Å². The number of nitrogens with zero attached hydrogens (tertiary/aromatic N) is 3. The van der Waals surface area contributed by atoms with Gasteiger partial charge in [-0.1, -0.05) is 44.2 Å². The summed E-state index contributed by atoms with van der Waals surface area (Å²) in [6.45, 7) is 7.78. The molecule has 0 saturated heterocycles. The van der Waals surface area contributed by atoms with Crippen molar-refractivity contribution in [2.45, 2.75) is 45.8 Å². The number of hydrogen-bond acceptors (Lipinski definition) is 3. The number of hydrogen-bond donors (Lipinski definition) is 3. The monoisotopic (exact) mass is 485 g/mol. The van der Waals surface area contributed by atoms with Gasteiger partial charge in [-0.15, -0.1) is 24.0 Å². The van der Waals surface area contributed by atoms with E-state index in [0.717, 1.165) is 29.6 Å². The predicted octanol–water partition coefficient (Wildman–Crippen LogP) is 3.64. The van der Waals surface area contributed by atoms with E-state index < -0.39 is 5.60 Å². The molecule has 1 aromatic heterocycles. The first-order chi connectivity index (χ1) is 12.5. The van der Waals surface area contributed by atoms with E-state index >= 15 is 0 Å². The van der Waals surface area contributed by atoms with Crippen molar-refractivity contribution in [1.29, 1.82) is 0 Å². The number of halogens is 1. The van der Waals surface area contributed by atoms with Crippen LogP contribution in [0.1, 0.15) is 39.4 Å². The smallest absolute Gasteiger partial charge is 0.194 e. The van der Waals surface area contributed by atoms with E-state index in [4.69, 9.17) is 0 Å². The minimum atomic E-state index is -0.743. The van der Waals surface area contributed by atoms with Gasteiger partial charge in [0.15, 0.2) is 5.96 Å². The number of aliphatic imine (C=N–C) groups is 1. The molecule has 0 bridgehead atoms. The number of guanidine groups is 1. The molecule has 0 unspecified atom stereocenters. The number of benzene rings is 1. The highest BCUT2D eigenvalue weighted by atomic mass is 127. The van der Waals surface area contributed by atoms with Crippen LogP contribution in [0.25, 0.3) is 11.3 Å². The van der Waals surface area contributed by atoms with E-state index in [1.807, 2.05) is 57.1 Å². The summed E-state index contributed by atoms with van der Waals surface area (Å²) in [6, 6.07) is 10.1. The molecule has 0 aliphatic carbocycles. The molecule has 6 nitrogen and oxygen atoms in total. The van der Waals surface area contributed by atoms with Crippen molar-refractivity contribution in [2.75, 3.05) is 20.1 Å². The van der Waals surface area contributed by atoms with Crippen molar-refractivity contribution >= 4 is 29.9 Å². The van der Waals surface area contributed by atoms with E-state index in [-0.39, 0.29) is 24.0 Å². The molecule has 27 heavy (non-hydrogen) atoms. The quantitative estimate of drug-likeness (QED) is 0.303. The van der Waals surface area contributed by atoms with Crippen LogP contribution in [0.3, 0.4) is 0 Å². The summed E-state index contributed by atoms with van der Waals surface area (Å²) < 4.78 is 0. The van der Waals surface area contributed by atoms with Crippen molar-refractivity contribution in [3.8, 4) is 11.3 Å². The molecule has 2 aromatic rings. The van der Waals surface area contributed by atoms with Crippen LogP contribution in [-0.2, 0) is 6.54 Å². The van der Waals surface area contributed by atoms with Gasteiger partial charge in [0.2, 0.25) is 0 Å². The third-order valence-corrected chi connectivity index (χ3v) is 4.64. The highest BCUT2D eigenvalue weighted by Gasteiger charge is 2.22. The van der Waals surface area contributed by atoms with Crippen molar-refractivity contribution in [1.82, 2.24) is 20.2 Å². The second-order valence-corrected chi connectivity index (χ2v) is 6.57. The largest absolute Gasteiger partial charge is 0.388 e. The number of aromatic nitrogens is 2. The Balaban J connectivity index is 0.00000364. The fourth-order valence-electron chi connectivity index (χ4n) is 2.67. The van der Waals surface area contributed by atoms with E-state index in [2.05, 4.69) is 32.4 Å². The van der Waals surface area contributed by atoms with Gasteiger partial charge in [-0.05, 0) is 25.3 Å². The highest BCUT2D eigenvalue weighted by molar-refractivity contribution is 14.0. The topological polar surface area (TPSA) is 76.5 Å². The van der Waals surface area contributed by atoms with Gasteiger partial charge in [0.1, 0.15) is 5.82 Å². The normalized spacial score (nSPS) is 11.8. The van der Waals surface area contributed by atoms with Crippen molar-refractivity contribution in [3.63, 3.8) is 0 Å². The Bertz CT molecular complexity index is 697. The maximum absolute atomic E-state index is 10.5. The average Bonchev–Trinajstić information content (AvgIpc) is 3.14. The van der Waals surface area contributed by atoms with Crippen LogP contribution in [0.2, 0.25) is 0 Å². The molecular formula is C20H32IN5O. The van der Waals surface area contributed by atoms with Gasteiger partial charge < -0.3 is 20.3 Å². The summed E-state index contributed by atoms with van der Waals surface area (Å²) in [4.78, 5) is 14.5. The van der Waals surface area contributed by atoms with Gasteiger partial charge in [0.05, 0.1) is 30.6 Å². The minimum Gasteiger partial charge on any atom is -0.388 e. The van der Waals surface area contributed by atoms with Crippen LogP contribution in [0.15, 0.2) is 41.5 Å². The van der Waals surface area contributed by atoms with Crippen molar-refractivity contribution in [3.05, 3.63) is 42.4 Å². The first-order valence-electron chi connectivity index (χ1n) is 9.32. The standard InChI is InChI=1S/C20H31N5O.HI/c1-5-20(26,6-2)15-23-19(21-7-3)25(4)14-18-22-13-17(24-18)16-11-9-8-10-12-16;/h8-13,26H,5-7,14-15H2,1-4H3,(H,21,23)(H,22,24);1H. The number of H-pyrrole nitrogens is 1. The first-order valence-corrected chi connectivity index (χ1v) is 9.32. The fraction of sp³-hybridized carbons (Fsp3) is 0.500. The lowest BCUT2D eigenvalue weighted by atomic mass is 9.98. The molecule has 150 valence electrons. The maximum Gasteiger partial charge on any atom is 0.194 e. The second kappa shape index (κ2) is 11.3. The second-order valence-electron chi connectivity index (χ2n) is 6.57. The molecule has 7 heteroatoms. The van der Waals surface area contributed by atoms with E-state index in [1.54, 1.807) is 0 Å². The maximum atomic E-state index is 10.5. The molecule has 3 N–H and O–H groups in total. The lowest BCUT2D eigenvalue weighted by Gasteiger charge is -2.26. The van der Waals surface area contributed by atoms with Gasteiger partial charge in [-0.25, -0.2) is 4.98 Å². The Morgan fingerprint density at radius 1 is 1.22 bits per heavy atom. The third kappa shape index (κ3) is 6.80. The summed E-state index contributed by atoms with van der Waals surface area (Å²) in [5.41, 5.74) is 1.37. The molecule has 2 rings (SSSR count). The first kappa shape index (κ1) is 23.4. The third-order valence-electron chi connectivity index (χ3n) is 4.64. The Hall–Kier alpha value is -1.61. The summed E-state index contributed by atoms with van der Waals surface area (Å²) in [5.74, 6) is 1.64. The van der Waals surface area contributed by atoms with Gasteiger partial charge in [-0.2, -0.15) is 0 Å². The van der Waals surface area contributed by atoms with Crippen LogP contribution in [-0.4, -0.2) is 51.7 Å². The number of nitrogens with one attached hydrogen (secondary N) is 2. The summed E-state index contributed by atoms with van der Waals surface area (Å²) in [7, 11) is 1.98. The Kier molecular flexibility index (Phi) is 9.79. The zero-order chi connectivity index (χ0) is 19.0. The highest BCUT2D eigenvalue weighted by Crippen LogP contribution is 2.17. The molecule has 0 aliphatic heterocycles. The molecule has 1 aromatic carbocycles. The summed E-state index contributed by atoms with van der Waals surface area (Å²) in [5, 5.41) is 13.8. The number of aliphatic hydroxyl groups is 1. The average molecular weight is 485 g/mol. The molecule has 0 fully saturated rings. The SMILES string of the molecule is CCNC(=NCC(O)(CC)CC)N(C)Cc1ncc(-c2ccccc2)[nH]1.I. The van der Waals surface area contributed by atoms with Crippen LogP contribution >= 0.6 is 24.0 Å². The van der Waals surface area contributed by atoms with Crippen molar-refractivity contribution in [2.24, 2.45) is 4.99 Å². The molecular weight excluding hydrogens is 453 g/mol. The lowest BCUT2D eigenvalue weighted by Crippen LogP contribution is -2.40. The number of rotatable bonds is 8. The van der Waals surface area contributed by atoms with Crippen LogP contribution in [0.5, 0.6) is 0 Å². The Labute approximate surface area is 179 Å². The van der Waals surface area contributed by atoms with E-state index in [0.29, 0.717) is 25.9 Å². The zero-order valence-corrected chi connectivity index (χ0v) is 19.0. The zero-order valence-electron chi connectivity index (χ0n) is 16.7. The molecule has 0 aliphatic rings. The number of aromatic amines is 1. The number of imidazole rings is 1. The Morgan fingerprint density at radius 2 is 1.89 bits per heavy atom. The van der Waals surface area contributed by atoms with Crippen LogP contribution in [0, 0.1) is 0 Å². The van der Waals surface area contributed by atoms with Crippen molar-refractivity contribution < 1.29 is 5.11 Å². The lowest BCUT2D eigenvalue weighted by molar-refractivity contribution is 0.0416. The van der Waals surface area contributed by atoms with Crippen LogP contribution in [0.4, 0.5) is 0 Å². The molecule has 0 spiro atoms. The summed E-state index contributed by atoms with van der Waals surface area (Å²) in [6.07, 6.45) is 3.24. The fourth-order valence-corrected chi connectivity index (χ4v) is 2.67. The van der Waals surface area contributed by atoms with Gasteiger partial charge in [0, 0.05) is 13.6 Å². The molecule has 0 atom stereocenters. The predicted molar refractivity (Wildman–Crippen MR) is 122 cm³/mol. The molecule has 0 saturated carbocycles. The van der Waals surface area contributed by atoms with Gasteiger partial charge >= 0.3 is 0 Å². The molecule has 1 heterocycles.